The van der Waals surface area contributed by atoms with Gasteiger partial charge >= 0.3 is 6.61 Å². The molecule has 1 aliphatic rings. The number of nitrogens with two attached hydrogens (primary N) is 1. The van der Waals surface area contributed by atoms with E-state index in [0.717, 1.165) is 25.9 Å². The van der Waals surface area contributed by atoms with Crippen LogP contribution in [0, 0.1) is 5.92 Å². The third kappa shape index (κ3) is 4.30. The lowest BCUT2D eigenvalue weighted by Crippen LogP contribution is -2.34. The number of rotatable bonds is 4. The molecule has 0 aromatic heterocycles. The third-order valence-electron chi connectivity index (χ3n) is 3.39. The van der Waals surface area contributed by atoms with E-state index in [1.807, 2.05) is 0 Å². The molecule has 3 N–H and O–H groups in total. The van der Waals surface area contributed by atoms with E-state index in [1.54, 1.807) is 24.3 Å². The molecule has 19 heavy (non-hydrogen) atoms. The summed E-state index contributed by atoms with van der Waals surface area (Å²) in [5.74, 6) is 0.507. The van der Waals surface area contributed by atoms with Gasteiger partial charge in [0.2, 0.25) is 0 Å². The van der Waals surface area contributed by atoms with Crippen LogP contribution in [0.1, 0.15) is 24.4 Å². The Balaban J connectivity index is 0.00000180. The molecule has 1 aliphatic heterocycles. The predicted octanol–water partition coefficient (Wildman–Crippen LogP) is 2.71. The molecule has 1 heterocycles. The summed E-state index contributed by atoms with van der Waals surface area (Å²) in [6, 6.07) is 6.54. The van der Waals surface area contributed by atoms with E-state index >= 15 is 0 Å². The van der Waals surface area contributed by atoms with Crippen LogP contribution in [0.2, 0.25) is 0 Å². The highest BCUT2D eigenvalue weighted by Gasteiger charge is 2.24. The Bertz CT molecular complexity index is 387. The van der Waals surface area contributed by atoms with Crippen LogP contribution in [0.3, 0.4) is 0 Å². The first-order valence-electron chi connectivity index (χ1n) is 6.18. The lowest BCUT2D eigenvalue weighted by atomic mass is 9.86. The van der Waals surface area contributed by atoms with Gasteiger partial charge < -0.3 is 15.8 Å². The van der Waals surface area contributed by atoms with Gasteiger partial charge in [-0.1, -0.05) is 18.2 Å². The average Bonchev–Trinajstić information content (AvgIpc) is 2.39. The smallest absolute Gasteiger partial charge is 0.387 e. The van der Waals surface area contributed by atoms with E-state index in [2.05, 4.69) is 10.1 Å². The molecule has 1 aromatic rings. The first-order valence-corrected chi connectivity index (χ1v) is 6.18. The van der Waals surface area contributed by atoms with Gasteiger partial charge in [0.1, 0.15) is 5.75 Å². The van der Waals surface area contributed by atoms with Crippen LogP contribution < -0.4 is 15.8 Å². The number of benzene rings is 1. The zero-order chi connectivity index (χ0) is 13.0. The maximum atomic E-state index is 12.3. The Morgan fingerprint density at radius 1 is 1.21 bits per heavy atom. The highest BCUT2D eigenvalue weighted by Crippen LogP contribution is 2.33. The highest BCUT2D eigenvalue weighted by atomic mass is 35.5. The van der Waals surface area contributed by atoms with E-state index in [1.165, 1.54) is 0 Å². The zero-order valence-electron chi connectivity index (χ0n) is 10.5. The summed E-state index contributed by atoms with van der Waals surface area (Å²) < 4.78 is 29.2. The Hall–Kier alpha value is -0.910. The van der Waals surface area contributed by atoms with Crippen LogP contribution in [0.25, 0.3) is 0 Å². The van der Waals surface area contributed by atoms with Crippen LogP contribution in [0.5, 0.6) is 5.75 Å². The molecule has 0 saturated carbocycles. The van der Waals surface area contributed by atoms with Gasteiger partial charge in [-0.25, -0.2) is 0 Å². The minimum atomic E-state index is -2.81. The number of ether oxygens (including phenoxy) is 1. The number of hydrogen-bond donors (Lipinski definition) is 2. The van der Waals surface area contributed by atoms with Gasteiger partial charge in [-0.3, -0.25) is 0 Å². The number of para-hydroxylation sites is 1. The van der Waals surface area contributed by atoms with Crippen LogP contribution in [0.15, 0.2) is 24.3 Å². The number of piperidine rings is 1. The van der Waals surface area contributed by atoms with Crippen molar-refractivity contribution < 1.29 is 13.5 Å². The summed E-state index contributed by atoms with van der Waals surface area (Å²) in [4.78, 5) is 0. The minimum absolute atomic E-state index is 0. The van der Waals surface area contributed by atoms with E-state index in [9.17, 15) is 8.78 Å². The maximum Gasteiger partial charge on any atom is 0.387 e. The van der Waals surface area contributed by atoms with Crippen molar-refractivity contribution in [3.63, 3.8) is 0 Å². The second-order valence-corrected chi connectivity index (χ2v) is 4.53. The molecule has 0 unspecified atom stereocenters. The average molecular weight is 293 g/mol. The van der Waals surface area contributed by atoms with Crippen molar-refractivity contribution in [1.82, 2.24) is 5.32 Å². The predicted molar refractivity (Wildman–Crippen MR) is 72.8 cm³/mol. The maximum absolute atomic E-state index is 12.3. The van der Waals surface area contributed by atoms with Crippen molar-refractivity contribution in [2.75, 3.05) is 13.1 Å². The molecular formula is C13H19ClF2N2O. The van der Waals surface area contributed by atoms with E-state index in [4.69, 9.17) is 5.73 Å². The molecule has 108 valence electrons. The van der Waals surface area contributed by atoms with Gasteiger partial charge in [-0.2, -0.15) is 8.78 Å². The van der Waals surface area contributed by atoms with Crippen molar-refractivity contribution >= 4 is 12.4 Å². The van der Waals surface area contributed by atoms with E-state index in [-0.39, 0.29) is 24.2 Å². The fourth-order valence-electron chi connectivity index (χ4n) is 2.42. The Morgan fingerprint density at radius 2 is 1.84 bits per heavy atom. The number of hydrogen-bond acceptors (Lipinski definition) is 3. The van der Waals surface area contributed by atoms with Gasteiger partial charge in [-0.15, -0.1) is 12.4 Å². The molecule has 0 amide bonds. The van der Waals surface area contributed by atoms with Crippen molar-refractivity contribution in [2.24, 2.45) is 11.7 Å². The summed E-state index contributed by atoms with van der Waals surface area (Å²) in [5, 5.41) is 3.26. The molecular weight excluding hydrogens is 274 g/mol. The van der Waals surface area contributed by atoms with E-state index < -0.39 is 6.61 Å². The molecule has 1 aromatic carbocycles. The summed E-state index contributed by atoms with van der Waals surface area (Å²) in [6.45, 7) is -0.960. The van der Waals surface area contributed by atoms with Gasteiger partial charge in [0.25, 0.3) is 0 Å². The Morgan fingerprint density at radius 3 is 2.47 bits per heavy atom. The van der Waals surface area contributed by atoms with Gasteiger partial charge in [-0.05, 0) is 37.9 Å². The lowest BCUT2D eigenvalue weighted by molar-refractivity contribution is -0.0508. The molecule has 3 nitrogen and oxygen atoms in total. The highest BCUT2D eigenvalue weighted by molar-refractivity contribution is 5.85. The normalized spacial score (nSPS) is 17.9. The second-order valence-electron chi connectivity index (χ2n) is 4.53. The first-order chi connectivity index (χ1) is 8.68. The standard InChI is InChI=1S/C13H18F2N2O.ClH/c14-13(15)18-11-4-2-1-3-10(11)12(16)9-5-7-17-8-6-9;/h1-4,9,12-13,17H,5-8,16H2;1H/t12-;/m1./s1. The molecule has 1 saturated heterocycles. The largest absolute Gasteiger partial charge is 0.434 e. The van der Waals surface area contributed by atoms with Crippen LogP contribution >= 0.6 is 12.4 Å². The van der Waals surface area contributed by atoms with Gasteiger partial charge in [0.05, 0.1) is 0 Å². The van der Waals surface area contributed by atoms with Crippen molar-refractivity contribution in [3.8, 4) is 5.75 Å². The molecule has 6 heteroatoms. The topological polar surface area (TPSA) is 47.3 Å². The number of nitrogens with one attached hydrogen (secondary N) is 1. The van der Waals surface area contributed by atoms with Crippen LogP contribution in [0.4, 0.5) is 8.78 Å². The van der Waals surface area contributed by atoms with E-state index in [0.29, 0.717) is 11.5 Å². The Kier molecular flexibility index (Phi) is 6.48. The SMILES string of the molecule is Cl.N[C@@H](c1ccccc1OC(F)F)C1CCNCC1. The van der Waals surface area contributed by atoms with Gasteiger partial charge in [0, 0.05) is 11.6 Å². The molecule has 2 rings (SSSR count). The molecule has 0 aliphatic carbocycles. The fraction of sp³-hybridized carbons (Fsp3) is 0.538. The summed E-state index contributed by atoms with van der Waals surface area (Å²) >= 11 is 0. The molecule has 1 fully saturated rings. The third-order valence-corrected chi connectivity index (χ3v) is 3.39. The molecule has 0 bridgehead atoms. The summed E-state index contributed by atoms with van der Waals surface area (Å²) in [5.41, 5.74) is 6.86. The monoisotopic (exact) mass is 292 g/mol. The van der Waals surface area contributed by atoms with Crippen molar-refractivity contribution in [3.05, 3.63) is 29.8 Å². The first kappa shape index (κ1) is 16.1. The zero-order valence-corrected chi connectivity index (χ0v) is 11.3. The van der Waals surface area contributed by atoms with Crippen LogP contribution in [-0.4, -0.2) is 19.7 Å². The van der Waals surface area contributed by atoms with Gasteiger partial charge in [0.15, 0.2) is 0 Å². The second kappa shape index (κ2) is 7.62. The molecule has 1 atom stereocenters. The fourth-order valence-corrected chi connectivity index (χ4v) is 2.42. The van der Waals surface area contributed by atoms with Crippen LogP contribution in [-0.2, 0) is 0 Å². The summed E-state index contributed by atoms with van der Waals surface area (Å²) in [7, 11) is 0. The number of halogens is 3. The lowest BCUT2D eigenvalue weighted by Gasteiger charge is -2.29. The number of alkyl halides is 2. The van der Waals surface area contributed by atoms with Crippen molar-refractivity contribution in [2.45, 2.75) is 25.5 Å². The van der Waals surface area contributed by atoms with Crippen molar-refractivity contribution in [1.29, 1.82) is 0 Å². The molecule has 0 spiro atoms. The quantitative estimate of drug-likeness (QED) is 0.897. The summed E-state index contributed by atoms with van der Waals surface area (Å²) in [6.07, 6.45) is 1.92. The Labute approximate surface area is 117 Å². The molecule has 0 radical (unpaired) electrons. The minimum Gasteiger partial charge on any atom is -0.434 e.